The lowest BCUT2D eigenvalue weighted by atomic mass is 10.3. The van der Waals surface area contributed by atoms with Crippen LogP contribution in [0, 0.1) is 17.0 Å². The lowest BCUT2D eigenvalue weighted by molar-refractivity contribution is -0.385. The molecule has 0 saturated carbocycles. The average Bonchev–Trinajstić information content (AvgIpc) is 2.75. The van der Waals surface area contributed by atoms with Crippen molar-refractivity contribution >= 4 is 22.9 Å². The second-order valence-electron chi connectivity index (χ2n) is 3.81. The van der Waals surface area contributed by atoms with Crippen LogP contribution < -0.4 is 10.6 Å². The fourth-order valence-corrected chi connectivity index (χ4v) is 2.32. The molecule has 7 nitrogen and oxygen atoms in total. The van der Waals surface area contributed by atoms with E-state index in [-0.39, 0.29) is 11.6 Å². The Balaban J connectivity index is 2.37. The molecule has 0 radical (unpaired) electrons. The number of carbonyl (C=O) groups excluding carboxylic acids is 1. The molecule has 0 atom stereocenters. The van der Waals surface area contributed by atoms with Crippen molar-refractivity contribution in [3.05, 3.63) is 25.9 Å². The van der Waals surface area contributed by atoms with Crippen LogP contribution in [0.2, 0.25) is 0 Å². The molecule has 1 aromatic rings. The highest BCUT2D eigenvalue weighted by Crippen LogP contribution is 2.27. The first-order chi connectivity index (χ1) is 9.06. The Morgan fingerprint density at radius 3 is 2.79 bits per heavy atom. The van der Waals surface area contributed by atoms with Gasteiger partial charge in [-0.15, -0.1) is 11.3 Å². The highest BCUT2D eigenvalue weighted by molar-refractivity contribution is 7.14. The minimum Gasteiger partial charge on any atom is -0.383 e. The van der Waals surface area contributed by atoms with Gasteiger partial charge >= 0.3 is 0 Å². The smallest absolute Gasteiger partial charge is 0.283 e. The molecule has 1 heterocycles. The molecule has 0 bridgehead atoms. The Labute approximate surface area is 115 Å². The van der Waals surface area contributed by atoms with E-state index in [0.717, 1.165) is 17.9 Å². The molecule has 0 spiro atoms. The minimum atomic E-state index is -0.477. The number of hydrogen-bond acceptors (Lipinski definition) is 6. The summed E-state index contributed by atoms with van der Waals surface area (Å²) in [6.07, 6.45) is 0. The largest absolute Gasteiger partial charge is 0.383 e. The van der Waals surface area contributed by atoms with Gasteiger partial charge in [0.1, 0.15) is 0 Å². The molecule has 1 amide bonds. The van der Waals surface area contributed by atoms with Crippen molar-refractivity contribution in [3.63, 3.8) is 0 Å². The van der Waals surface area contributed by atoms with Crippen molar-refractivity contribution in [1.82, 2.24) is 10.6 Å². The Hall–Kier alpha value is -1.51. The predicted molar refractivity (Wildman–Crippen MR) is 72.8 cm³/mol. The molecule has 0 unspecified atom stereocenters. The molecule has 0 aliphatic rings. The molecule has 0 aliphatic heterocycles. The molecule has 2 N–H and O–H groups in total. The molecule has 0 fully saturated rings. The van der Waals surface area contributed by atoms with Crippen LogP contribution >= 0.6 is 11.3 Å². The third kappa shape index (κ3) is 4.93. The van der Waals surface area contributed by atoms with Crippen molar-refractivity contribution in [2.75, 3.05) is 33.4 Å². The molecule has 0 saturated heterocycles. The van der Waals surface area contributed by atoms with Crippen molar-refractivity contribution in [2.45, 2.75) is 6.92 Å². The average molecular weight is 287 g/mol. The van der Waals surface area contributed by atoms with Gasteiger partial charge in [-0.05, 0) is 6.92 Å². The summed E-state index contributed by atoms with van der Waals surface area (Å²) in [4.78, 5) is 22.8. The summed E-state index contributed by atoms with van der Waals surface area (Å²) in [5, 5.41) is 16.5. The second kappa shape index (κ2) is 7.82. The summed E-state index contributed by atoms with van der Waals surface area (Å²) in [6.45, 7) is 4.06. The first-order valence-corrected chi connectivity index (χ1v) is 6.60. The van der Waals surface area contributed by atoms with Gasteiger partial charge in [-0.1, -0.05) is 0 Å². The number of methoxy groups -OCH3 is 1. The first kappa shape index (κ1) is 15.5. The van der Waals surface area contributed by atoms with E-state index in [4.69, 9.17) is 4.74 Å². The molecule has 106 valence electrons. The fourth-order valence-electron chi connectivity index (χ4n) is 1.42. The highest BCUT2D eigenvalue weighted by atomic mass is 32.1. The van der Waals surface area contributed by atoms with E-state index in [1.807, 2.05) is 0 Å². The van der Waals surface area contributed by atoms with E-state index in [1.165, 1.54) is 6.07 Å². The number of ether oxygens (including phenoxy) is 1. The van der Waals surface area contributed by atoms with E-state index in [2.05, 4.69) is 10.6 Å². The van der Waals surface area contributed by atoms with E-state index >= 15 is 0 Å². The molecule has 0 aliphatic carbocycles. The van der Waals surface area contributed by atoms with E-state index in [0.29, 0.717) is 29.5 Å². The van der Waals surface area contributed by atoms with Crippen LogP contribution in [0.3, 0.4) is 0 Å². The summed E-state index contributed by atoms with van der Waals surface area (Å²) >= 11 is 1.13. The number of nitrogens with zero attached hydrogens (tertiary/aromatic N) is 1. The third-order valence-electron chi connectivity index (χ3n) is 2.38. The maximum absolute atomic E-state index is 11.7. The number of carbonyl (C=O) groups is 1. The summed E-state index contributed by atoms with van der Waals surface area (Å²) in [5.74, 6) is -0.283. The van der Waals surface area contributed by atoms with Gasteiger partial charge in [0.15, 0.2) is 0 Å². The number of aryl methyl sites for hydroxylation is 1. The molecule has 8 heteroatoms. The van der Waals surface area contributed by atoms with Crippen LogP contribution in [0.4, 0.5) is 5.69 Å². The van der Waals surface area contributed by atoms with Crippen molar-refractivity contribution in [3.8, 4) is 0 Å². The van der Waals surface area contributed by atoms with E-state index < -0.39 is 4.92 Å². The van der Waals surface area contributed by atoms with Crippen LogP contribution in [-0.4, -0.2) is 44.2 Å². The van der Waals surface area contributed by atoms with Gasteiger partial charge in [0.2, 0.25) is 0 Å². The molecule has 1 aromatic heterocycles. The summed E-state index contributed by atoms with van der Waals surface area (Å²) in [5.41, 5.74) is -0.00614. The fraction of sp³-hybridized carbons (Fsp3) is 0.545. The molecular weight excluding hydrogens is 270 g/mol. The Kier molecular flexibility index (Phi) is 6.40. The summed E-state index contributed by atoms with van der Waals surface area (Å²) in [6, 6.07) is 1.31. The van der Waals surface area contributed by atoms with Crippen LogP contribution in [0.25, 0.3) is 0 Å². The number of amides is 1. The summed E-state index contributed by atoms with van der Waals surface area (Å²) < 4.78 is 4.87. The van der Waals surface area contributed by atoms with Crippen LogP contribution in [0.15, 0.2) is 6.07 Å². The number of rotatable bonds is 8. The Bertz CT molecular complexity index is 447. The number of hydrogen-bond donors (Lipinski definition) is 2. The van der Waals surface area contributed by atoms with Crippen LogP contribution in [-0.2, 0) is 4.74 Å². The minimum absolute atomic E-state index is 0.00614. The standard InChI is InChI=1S/C11H17N3O4S/c1-8-9(14(16)17)7-10(19-8)11(15)13-4-3-12-5-6-18-2/h7,12H,3-6H2,1-2H3,(H,13,15). The highest BCUT2D eigenvalue weighted by Gasteiger charge is 2.18. The van der Waals surface area contributed by atoms with Crippen LogP contribution in [0.5, 0.6) is 0 Å². The van der Waals surface area contributed by atoms with Crippen molar-refractivity contribution in [2.24, 2.45) is 0 Å². The van der Waals surface area contributed by atoms with Gasteiger partial charge in [0.25, 0.3) is 11.6 Å². The maximum Gasteiger partial charge on any atom is 0.283 e. The molecule has 19 heavy (non-hydrogen) atoms. The quantitative estimate of drug-likeness (QED) is 0.421. The van der Waals surface area contributed by atoms with Gasteiger partial charge in [-0.2, -0.15) is 0 Å². The normalized spacial score (nSPS) is 10.4. The first-order valence-electron chi connectivity index (χ1n) is 5.79. The Morgan fingerprint density at radius 1 is 1.47 bits per heavy atom. The van der Waals surface area contributed by atoms with E-state index in [9.17, 15) is 14.9 Å². The Morgan fingerprint density at radius 2 is 2.21 bits per heavy atom. The van der Waals surface area contributed by atoms with Crippen molar-refractivity contribution in [1.29, 1.82) is 0 Å². The zero-order valence-electron chi connectivity index (χ0n) is 10.9. The van der Waals surface area contributed by atoms with Gasteiger partial charge in [0, 0.05) is 32.8 Å². The molecule has 1 rings (SSSR count). The van der Waals surface area contributed by atoms with Gasteiger partial charge in [0.05, 0.1) is 21.3 Å². The SMILES string of the molecule is COCCNCCNC(=O)c1cc([N+](=O)[O-])c(C)s1. The third-order valence-corrected chi connectivity index (χ3v) is 3.42. The number of nitrogens with one attached hydrogen (secondary N) is 2. The topological polar surface area (TPSA) is 93.5 Å². The molecular formula is C11H17N3O4S. The van der Waals surface area contributed by atoms with Crippen LogP contribution in [0.1, 0.15) is 14.5 Å². The van der Waals surface area contributed by atoms with Gasteiger partial charge < -0.3 is 15.4 Å². The van der Waals surface area contributed by atoms with E-state index in [1.54, 1.807) is 14.0 Å². The lowest BCUT2D eigenvalue weighted by Crippen LogP contribution is -2.32. The zero-order valence-corrected chi connectivity index (χ0v) is 11.7. The number of nitro groups is 1. The second-order valence-corrected chi connectivity index (χ2v) is 5.06. The van der Waals surface area contributed by atoms with Gasteiger partial charge in [-0.25, -0.2) is 0 Å². The molecule has 0 aromatic carbocycles. The summed E-state index contributed by atoms with van der Waals surface area (Å²) in [7, 11) is 1.62. The lowest BCUT2D eigenvalue weighted by Gasteiger charge is -2.05. The van der Waals surface area contributed by atoms with Gasteiger partial charge in [-0.3, -0.25) is 14.9 Å². The maximum atomic E-state index is 11.7. The number of thiophene rings is 1. The zero-order chi connectivity index (χ0) is 14.3. The predicted octanol–water partition coefficient (Wildman–Crippen LogP) is 0.931. The van der Waals surface area contributed by atoms with Crippen molar-refractivity contribution < 1.29 is 14.5 Å². The monoisotopic (exact) mass is 287 g/mol.